The minimum absolute atomic E-state index is 0.0774. The summed E-state index contributed by atoms with van der Waals surface area (Å²) in [4.78, 5) is 0. The number of benzene rings is 1. The van der Waals surface area contributed by atoms with Crippen LogP contribution in [0.4, 0.5) is 4.39 Å². The zero-order chi connectivity index (χ0) is 9.84. The normalized spacial score (nSPS) is 10.7. The molecule has 71 valence electrons. The van der Waals surface area contributed by atoms with Crippen molar-refractivity contribution in [1.29, 1.82) is 0 Å². The molecule has 0 heterocycles. The Morgan fingerprint density at radius 2 is 2.15 bits per heavy atom. The first-order valence-electron chi connectivity index (χ1n) is 3.19. The molecule has 1 radical (unpaired) electrons. The average Bonchev–Trinajstić information content (AvgIpc) is 2.07. The molecule has 0 bridgehead atoms. The topological polar surface area (TPSA) is 43.4 Å². The number of rotatable bonds is 3. The highest BCUT2D eigenvalue weighted by molar-refractivity contribution is 9.10. The fourth-order valence-electron chi connectivity index (χ4n) is 0.711. The predicted molar refractivity (Wildman–Crippen MR) is 48.9 cm³/mol. The Labute approximate surface area is 84.8 Å². The van der Waals surface area contributed by atoms with E-state index in [9.17, 15) is 12.8 Å². The summed E-state index contributed by atoms with van der Waals surface area (Å²) in [5, 5.41) is 0. The fourth-order valence-corrected chi connectivity index (χ4v) is 1.29. The van der Waals surface area contributed by atoms with Gasteiger partial charge in [-0.15, -0.1) is 0 Å². The van der Waals surface area contributed by atoms with Crippen LogP contribution in [0.25, 0.3) is 0 Å². The van der Waals surface area contributed by atoms with E-state index < -0.39 is 16.8 Å². The molecule has 0 aliphatic heterocycles. The van der Waals surface area contributed by atoms with Gasteiger partial charge in [-0.05, 0) is 22.0 Å². The standard InChI is InChI=1S/C7H5BrFO3S/c8-6-3-1-2-5(7(6)9)4-12-13(10)11/h1-4,13H. The summed E-state index contributed by atoms with van der Waals surface area (Å²) in [6.45, 7) is 0.839. The highest BCUT2D eigenvalue weighted by atomic mass is 79.9. The van der Waals surface area contributed by atoms with Gasteiger partial charge >= 0.3 is 0 Å². The van der Waals surface area contributed by atoms with E-state index in [2.05, 4.69) is 20.1 Å². The minimum atomic E-state index is -2.98. The van der Waals surface area contributed by atoms with Crippen molar-refractivity contribution < 1.29 is 17.0 Å². The van der Waals surface area contributed by atoms with Crippen molar-refractivity contribution in [1.82, 2.24) is 0 Å². The van der Waals surface area contributed by atoms with Crippen LogP contribution in [-0.2, 0) is 15.2 Å². The van der Waals surface area contributed by atoms with Gasteiger partial charge in [0, 0.05) is 5.56 Å². The van der Waals surface area contributed by atoms with Crippen molar-refractivity contribution in [3.05, 3.63) is 40.7 Å². The Kier molecular flexibility index (Phi) is 3.83. The summed E-state index contributed by atoms with van der Waals surface area (Å²) in [5.74, 6) is -0.556. The number of hydrogen-bond donors (Lipinski definition) is 1. The van der Waals surface area contributed by atoms with E-state index in [1.807, 2.05) is 0 Å². The van der Waals surface area contributed by atoms with E-state index in [0.717, 1.165) is 6.61 Å². The second kappa shape index (κ2) is 4.69. The maximum absolute atomic E-state index is 13.1. The van der Waals surface area contributed by atoms with Crippen LogP contribution in [0.2, 0.25) is 0 Å². The van der Waals surface area contributed by atoms with E-state index in [-0.39, 0.29) is 10.0 Å². The van der Waals surface area contributed by atoms with E-state index in [1.54, 1.807) is 6.07 Å². The molecule has 0 fully saturated rings. The Morgan fingerprint density at radius 1 is 1.46 bits per heavy atom. The van der Waals surface area contributed by atoms with Gasteiger partial charge in [0.2, 0.25) is 0 Å². The third kappa shape index (κ3) is 3.06. The van der Waals surface area contributed by atoms with Crippen LogP contribution in [0, 0.1) is 12.4 Å². The SMILES string of the molecule is O=[SH](=O)O[CH]c1cccc(Br)c1F. The van der Waals surface area contributed by atoms with E-state index >= 15 is 0 Å². The maximum atomic E-state index is 13.1. The lowest BCUT2D eigenvalue weighted by Crippen LogP contribution is -1.92. The molecule has 0 spiro atoms. The molecule has 0 N–H and O–H groups in total. The average molecular weight is 268 g/mol. The van der Waals surface area contributed by atoms with Crippen molar-refractivity contribution in [2.75, 3.05) is 0 Å². The highest BCUT2D eigenvalue weighted by Gasteiger charge is 2.06. The Hall–Kier alpha value is -0.460. The van der Waals surface area contributed by atoms with Crippen LogP contribution >= 0.6 is 15.9 Å². The van der Waals surface area contributed by atoms with Crippen LogP contribution in [0.15, 0.2) is 22.7 Å². The zero-order valence-electron chi connectivity index (χ0n) is 6.24. The van der Waals surface area contributed by atoms with Crippen molar-refractivity contribution in [2.45, 2.75) is 0 Å². The van der Waals surface area contributed by atoms with E-state index in [1.165, 1.54) is 12.1 Å². The molecule has 0 atom stereocenters. The molecule has 1 aromatic carbocycles. The Balaban J connectivity index is 2.83. The van der Waals surface area contributed by atoms with Crippen LogP contribution in [0.1, 0.15) is 5.56 Å². The third-order valence-corrected chi connectivity index (χ3v) is 2.14. The zero-order valence-corrected chi connectivity index (χ0v) is 8.72. The molecule has 0 unspecified atom stereocenters. The van der Waals surface area contributed by atoms with Gasteiger partial charge in [-0.2, -0.15) is 0 Å². The Bertz CT molecular complexity index is 370. The van der Waals surface area contributed by atoms with Gasteiger partial charge in [-0.1, -0.05) is 12.1 Å². The molecular formula is C7H5BrFO3S. The largest absolute Gasteiger partial charge is 0.261 e. The lowest BCUT2D eigenvalue weighted by atomic mass is 10.2. The summed E-state index contributed by atoms with van der Waals surface area (Å²) in [7, 11) is -2.98. The molecule has 0 aliphatic carbocycles. The lowest BCUT2D eigenvalue weighted by molar-refractivity contribution is 0.423. The molecule has 0 aliphatic rings. The van der Waals surface area contributed by atoms with Crippen molar-refractivity contribution in [3.63, 3.8) is 0 Å². The molecule has 0 saturated heterocycles. The second-order valence-electron chi connectivity index (χ2n) is 2.09. The van der Waals surface area contributed by atoms with Gasteiger partial charge in [0.1, 0.15) is 12.4 Å². The van der Waals surface area contributed by atoms with Gasteiger partial charge in [0.05, 0.1) is 4.47 Å². The predicted octanol–water partition coefficient (Wildman–Crippen LogP) is 1.64. The molecule has 0 amide bonds. The van der Waals surface area contributed by atoms with Crippen LogP contribution < -0.4 is 0 Å². The first-order valence-corrected chi connectivity index (χ1v) is 5.08. The van der Waals surface area contributed by atoms with E-state index in [0.29, 0.717) is 0 Å². The van der Waals surface area contributed by atoms with Crippen molar-refractivity contribution in [2.24, 2.45) is 0 Å². The van der Waals surface area contributed by atoms with Crippen LogP contribution in [0.5, 0.6) is 0 Å². The molecule has 6 heteroatoms. The highest BCUT2D eigenvalue weighted by Crippen LogP contribution is 2.19. The Morgan fingerprint density at radius 3 is 2.77 bits per heavy atom. The minimum Gasteiger partial charge on any atom is -0.261 e. The molecule has 0 saturated carbocycles. The van der Waals surface area contributed by atoms with E-state index in [4.69, 9.17) is 0 Å². The summed E-state index contributed by atoms with van der Waals surface area (Å²) in [5.41, 5.74) is 0.0774. The summed E-state index contributed by atoms with van der Waals surface area (Å²) in [6.07, 6.45) is 0. The van der Waals surface area contributed by atoms with Crippen molar-refractivity contribution >= 4 is 26.9 Å². The summed E-state index contributed by atoms with van der Waals surface area (Å²) >= 11 is 2.95. The monoisotopic (exact) mass is 267 g/mol. The van der Waals surface area contributed by atoms with Crippen molar-refractivity contribution in [3.8, 4) is 0 Å². The van der Waals surface area contributed by atoms with Crippen LogP contribution in [0.3, 0.4) is 0 Å². The smallest absolute Gasteiger partial charge is 0.257 e. The summed E-state index contributed by atoms with van der Waals surface area (Å²) < 4.78 is 37.5. The van der Waals surface area contributed by atoms with Gasteiger partial charge < -0.3 is 0 Å². The third-order valence-electron chi connectivity index (χ3n) is 1.25. The first kappa shape index (κ1) is 10.6. The van der Waals surface area contributed by atoms with Gasteiger partial charge in [0.15, 0.2) is 0 Å². The second-order valence-corrected chi connectivity index (χ2v) is 3.60. The first-order chi connectivity index (χ1) is 6.11. The molecule has 1 rings (SSSR count). The number of thiol groups is 1. The molecular weight excluding hydrogens is 263 g/mol. The molecule has 1 aromatic rings. The lowest BCUT2D eigenvalue weighted by Gasteiger charge is -2.00. The van der Waals surface area contributed by atoms with Gasteiger partial charge in [-0.3, -0.25) is 4.18 Å². The molecule has 0 aromatic heterocycles. The molecule has 13 heavy (non-hydrogen) atoms. The fraction of sp³-hybridized carbons (Fsp3) is 0. The quantitative estimate of drug-likeness (QED) is 0.847. The summed E-state index contributed by atoms with van der Waals surface area (Å²) in [6, 6.07) is 4.48. The number of halogens is 2. The van der Waals surface area contributed by atoms with Gasteiger partial charge in [-0.25, -0.2) is 12.8 Å². The molecule has 3 nitrogen and oxygen atoms in total. The van der Waals surface area contributed by atoms with Crippen LogP contribution in [-0.4, -0.2) is 8.42 Å². The number of hydrogen-bond acceptors (Lipinski definition) is 3. The van der Waals surface area contributed by atoms with Gasteiger partial charge in [0.25, 0.3) is 11.0 Å². The maximum Gasteiger partial charge on any atom is 0.257 e.